The van der Waals surface area contributed by atoms with Gasteiger partial charge in [-0.15, -0.1) is 10.2 Å². The van der Waals surface area contributed by atoms with Gasteiger partial charge in [0, 0.05) is 5.56 Å². The number of nitrogens with zero attached hydrogens (tertiary/aromatic N) is 4. The fourth-order valence-corrected chi connectivity index (χ4v) is 3.32. The van der Waals surface area contributed by atoms with Crippen LogP contribution in [0.2, 0.25) is 0 Å². The van der Waals surface area contributed by atoms with E-state index >= 15 is 0 Å². The van der Waals surface area contributed by atoms with Gasteiger partial charge in [-0.2, -0.15) is 5.21 Å². The maximum absolute atomic E-state index is 6.75. The van der Waals surface area contributed by atoms with Crippen molar-refractivity contribution in [1.82, 2.24) is 20.6 Å². The molecule has 5 nitrogen and oxygen atoms in total. The predicted molar refractivity (Wildman–Crippen MR) is 145 cm³/mol. The van der Waals surface area contributed by atoms with E-state index in [1.807, 2.05) is 36.4 Å². The maximum Gasteiger partial charge on any atom is 0.204 e. The second kappa shape index (κ2) is 14.5. The number of aromatic nitrogens is 4. The van der Waals surface area contributed by atoms with Crippen molar-refractivity contribution in [3.63, 3.8) is 0 Å². The van der Waals surface area contributed by atoms with Crippen LogP contribution in [0.1, 0.15) is 70.1 Å². The number of aromatic amines is 1. The quantitative estimate of drug-likeness (QED) is 0.301. The third-order valence-electron chi connectivity index (χ3n) is 5.36. The fourth-order valence-electron chi connectivity index (χ4n) is 3.32. The van der Waals surface area contributed by atoms with Gasteiger partial charge in [-0.3, -0.25) is 0 Å². The number of tetrazole rings is 1. The van der Waals surface area contributed by atoms with Crippen molar-refractivity contribution in [1.29, 1.82) is 0 Å². The molecule has 0 aliphatic heterocycles. The molecule has 35 heavy (non-hydrogen) atoms. The number of hydrogen-bond donors (Lipinski definition) is 1. The average molecular weight is 468 g/mol. The number of H-pyrrole nitrogens is 1. The Bertz CT molecular complexity index is 1120. The largest absolute Gasteiger partial charge is 0.238 e. The highest BCUT2D eigenvalue weighted by Crippen LogP contribution is 2.19. The molecule has 1 heterocycles. The molecule has 0 aliphatic carbocycles. The van der Waals surface area contributed by atoms with E-state index in [2.05, 4.69) is 109 Å². The number of nitrogens with one attached hydrogen (secondary N) is 1. The summed E-state index contributed by atoms with van der Waals surface area (Å²) in [6, 6.07) is 26.6. The van der Waals surface area contributed by atoms with E-state index in [1.54, 1.807) is 0 Å². The molecule has 0 radical (unpaired) electrons. The Balaban J connectivity index is 0.000000189. The second-order valence-corrected chi connectivity index (χ2v) is 9.45. The molecule has 4 rings (SSSR count). The number of rotatable bonds is 5. The lowest BCUT2D eigenvalue weighted by Crippen LogP contribution is -1.92. The summed E-state index contributed by atoms with van der Waals surface area (Å²) in [7, 11) is 0. The molecule has 0 spiro atoms. The normalized spacial score (nSPS) is 10.3. The molecule has 0 fully saturated rings. The van der Waals surface area contributed by atoms with E-state index in [4.69, 9.17) is 6.57 Å². The second-order valence-electron chi connectivity index (χ2n) is 9.45. The van der Waals surface area contributed by atoms with Gasteiger partial charge in [-0.05, 0) is 46.1 Å². The van der Waals surface area contributed by atoms with Crippen molar-refractivity contribution in [2.45, 2.75) is 59.8 Å². The molecular formula is C30H37N5. The van der Waals surface area contributed by atoms with E-state index in [1.165, 1.54) is 23.1 Å². The first kappa shape index (κ1) is 27.5. The van der Waals surface area contributed by atoms with Gasteiger partial charge in [0.05, 0.1) is 6.57 Å². The lowest BCUT2D eigenvalue weighted by molar-refractivity contribution is 0.647. The summed E-state index contributed by atoms with van der Waals surface area (Å²) in [5.41, 5.74) is 5.75. The van der Waals surface area contributed by atoms with E-state index in [0.29, 0.717) is 17.7 Å². The number of hydrogen-bond acceptors (Lipinski definition) is 3. The molecule has 1 N–H and O–H groups in total. The van der Waals surface area contributed by atoms with Crippen LogP contribution in [-0.2, 0) is 6.42 Å². The third-order valence-corrected chi connectivity index (χ3v) is 5.36. The van der Waals surface area contributed by atoms with Gasteiger partial charge in [0.25, 0.3) is 0 Å². The lowest BCUT2D eigenvalue weighted by Gasteiger charge is -2.04. The first-order valence-electron chi connectivity index (χ1n) is 12.1. The van der Waals surface area contributed by atoms with Crippen molar-refractivity contribution in [3.05, 3.63) is 107 Å². The van der Waals surface area contributed by atoms with Gasteiger partial charge in [0.2, 0.25) is 5.82 Å². The minimum absolute atomic E-state index is 0.550. The summed E-state index contributed by atoms with van der Waals surface area (Å²) in [5, 5.41) is 13.8. The van der Waals surface area contributed by atoms with E-state index in [9.17, 15) is 0 Å². The Morgan fingerprint density at radius 2 is 1.29 bits per heavy atom. The molecule has 0 saturated heterocycles. The fraction of sp³-hybridized carbons (Fsp3) is 0.333. The smallest absolute Gasteiger partial charge is 0.204 e. The van der Waals surface area contributed by atoms with Crippen LogP contribution in [0.5, 0.6) is 0 Å². The monoisotopic (exact) mass is 467 g/mol. The Morgan fingerprint density at radius 3 is 1.71 bits per heavy atom. The van der Waals surface area contributed by atoms with Crippen LogP contribution < -0.4 is 0 Å². The standard InChI is InChI=1S/C10H12N4.C10H11N.C10H14/c1-7(2)8-3-5-9(6-4-8)10-11-13-14-12-10;1-8(2)9-4-6-10(11-3)7-5-9;1-9(2)8-10-6-4-3-5-7-10/h3-7H,1-2H3,(H,11,12,13,14);4-8H,1-2H3;3-7,9H,8H2,1-2H3. The first-order valence-corrected chi connectivity index (χ1v) is 12.1. The van der Waals surface area contributed by atoms with Crippen molar-refractivity contribution in [3.8, 4) is 11.4 Å². The summed E-state index contributed by atoms with van der Waals surface area (Å²) in [6.45, 7) is 19.9. The molecule has 5 heteroatoms. The molecule has 0 saturated carbocycles. The Hall–Kier alpha value is -3.78. The van der Waals surface area contributed by atoms with Crippen LogP contribution in [-0.4, -0.2) is 20.6 Å². The minimum atomic E-state index is 0.550. The summed E-state index contributed by atoms with van der Waals surface area (Å²) in [4.78, 5) is 3.32. The molecule has 4 aromatic rings. The summed E-state index contributed by atoms with van der Waals surface area (Å²) < 4.78 is 0. The molecule has 0 atom stereocenters. The topological polar surface area (TPSA) is 58.8 Å². The molecule has 182 valence electrons. The summed E-state index contributed by atoms with van der Waals surface area (Å²) in [6.07, 6.45) is 1.20. The van der Waals surface area contributed by atoms with Crippen LogP contribution in [0, 0.1) is 12.5 Å². The van der Waals surface area contributed by atoms with E-state index in [-0.39, 0.29) is 0 Å². The molecule has 3 aromatic carbocycles. The Kier molecular flexibility index (Phi) is 11.4. The van der Waals surface area contributed by atoms with Crippen molar-refractivity contribution in [2.24, 2.45) is 5.92 Å². The minimum Gasteiger partial charge on any atom is -0.238 e. The zero-order chi connectivity index (χ0) is 25.6. The molecule has 0 aliphatic rings. The Labute approximate surface area is 210 Å². The maximum atomic E-state index is 6.75. The van der Waals surface area contributed by atoms with Crippen molar-refractivity contribution in [2.75, 3.05) is 0 Å². The van der Waals surface area contributed by atoms with Crippen LogP contribution in [0.15, 0.2) is 78.9 Å². The molecule has 0 amide bonds. The van der Waals surface area contributed by atoms with Crippen LogP contribution in [0.25, 0.3) is 16.2 Å². The summed E-state index contributed by atoms with van der Waals surface area (Å²) >= 11 is 0. The molecule has 0 unspecified atom stereocenters. The van der Waals surface area contributed by atoms with Gasteiger partial charge >= 0.3 is 0 Å². The van der Waals surface area contributed by atoms with Gasteiger partial charge in [-0.1, -0.05) is 120 Å². The molecule has 1 aromatic heterocycles. The van der Waals surface area contributed by atoms with Gasteiger partial charge in [0.15, 0.2) is 5.69 Å². The zero-order valence-electron chi connectivity index (χ0n) is 21.7. The van der Waals surface area contributed by atoms with Crippen molar-refractivity contribution >= 4 is 5.69 Å². The summed E-state index contributed by atoms with van der Waals surface area (Å²) in [5.74, 6) is 2.51. The average Bonchev–Trinajstić information content (AvgIpc) is 3.40. The third kappa shape index (κ3) is 9.93. The highest BCUT2D eigenvalue weighted by Gasteiger charge is 2.03. The molecule has 0 bridgehead atoms. The highest BCUT2D eigenvalue weighted by atomic mass is 15.5. The van der Waals surface area contributed by atoms with E-state index in [0.717, 1.165) is 17.2 Å². The SMILES string of the molecule is CC(C)Cc1ccccc1.CC(C)c1ccc(-c2nn[nH]n2)cc1.[C-]#[N+]c1ccc(C(C)C)cc1. The lowest BCUT2D eigenvalue weighted by atomic mass is 10.0. The zero-order valence-corrected chi connectivity index (χ0v) is 21.7. The van der Waals surface area contributed by atoms with Crippen LogP contribution >= 0.6 is 0 Å². The highest BCUT2D eigenvalue weighted by molar-refractivity contribution is 5.54. The molecular weight excluding hydrogens is 430 g/mol. The van der Waals surface area contributed by atoms with E-state index < -0.39 is 0 Å². The number of benzene rings is 3. The first-order chi connectivity index (χ1) is 16.8. The predicted octanol–water partition coefficient (Wildman–Crippen LogP) is 8.24. The van der Waals surface area contributed by atoms with Gasteiger partial charge < -0.3 is 0 Å². The van der Waals surface area contributed by atoms with Gasteiger partial charge in [0.1, 0.15) is 0 Å². The Morgan fingerprint density at radius 1 is 0.743 bits per heavy atom. The van der Waals surface area contributed by atoms with Crippen molar-refractivity contribution < 1.29 is 0 Å². The van der Waals surface area contributed by atoms with Crippen LogP contribution in [0.4, 0.5) is 5.69 Å². The van der Waals surface area contributed by atoms with Gasteiger partial charge in [-0.25, -0.2) is 4.85 Å². The van der Waals surface area contributed by atoms with Crippen LogP contribution in [0.3, 0.4) is 0 Å².